The molecule has 0 aliphatic carbocycles. The maximum Gasteiger partial charge on any atom is 0.504 e. The molecule has 2 N–H and O–H groups in total. The first-order chi connectivity index (χ1) is 9.45. The minimum atomic E-state index is -4.51. The molecule has 7 heteroatoms. The number of halogens is 3. The van der Waals surface area contributed by atoms with E-state index in [9.17, 15) is 13.2 Å². The van der Waals surface area contributed by atoms with E-state index in [1.54, 1.807) is 18.2 Å². The summed E-state index contributed by atoms with van der Waals surface area (Å²) in [6.45, 7) is 0.415. The molecule has 3 rings (SSSR count). The summed E-state index contributed by atoms with van der Waals surface area (Å²) in [5.74, 6) is 0.670. The van der Waals surface area contributed by atoms with Crippen LogP contribution in [-0.2, 0) is 12.7 Å². The number of fused-ring (bicyclic) bond motifs is 1. The van der Waals surface area contributed by atoms with Crippen LogP contribution in [0.3, 0.4) is 0 Å². The van der Waals surface area contributed by atoms with Crippen LogP contribution < -0.4 is 10.5 Å². The number of nitrogens with two attached hydrogens (primary N) is 1. The summed E-state index contributed by atoms with van der Waals surface area (Å²) in [7, 11) is 0. The van der Waals surface area contributed by atoms with Gasteiger partial charge in [-0.1, -0.05) is 12.1 Å². The Kier molecular flexibility index (Phi) is 2.93. The summed E-state index contributed by atoms with van der Waals surface area (Å²) in [6, 6.07) is 5.13. The summed E-state index contributed by atoms with van der Waals surface area (Å²) in [5.41, 5.74) is 7.75. The number of hydrogen-bond donors (Lipinski definition) is 1. The second kappa shape index (κ2) is 4.52. The van der Waals surface area contributed by atoms with Crippen molar-refractivity contribution >= 4 is 0 Å². The zero-order valence-corrected chi connectivity index (χ0v) is 10.4. The molecule has 4 nitrogen and oxygen atoms in total. The summed E-state index contributed by atoms with van der Waals surface area (Å²) in [5, 5.41) is 3.35. The lowest BCUT2D eigenvalue weighted by Crippen LogP contribution is -2.34. The monoisotopic (exact) mass is 283 g/mol. The zero-order valence-electron chi connectivity index (χ0n) is 10.4. The Hall–Kier alpha value is -2.02. The zero-order chi connectivity index (χ0) is 14.3. The Bertz CT molecular complexity index is 636. The van der Waals surface area contributed by atoms with E-state index in [4.69, 9.17) is 10.5 Å². The molecule has 0 saturated carbocycles. The molecule has 2 heterocycles. The van der Waals surface area contributed by atoms with Crippen LogP contribution in [-0.4, -0.2) is 22.4 Å². The molecular formula is C13H12F3N3O. The summed E-state index contributed by atoms with van der Waals surface area (Å²) < 4.78 is 43.2. The topological polar surface area (TPSA) is 53.1 Å². The van der Waals surface area contributed by atoms with E-state index < -0.39 is 6.30 Å². The SMILES string of the molecule is NC1COc2cccc(-c3cnn(C(F)(F)F)c3)c2C1. The van der Waals surface area contributed by atoms with Crippen molar-refractivity contribution in [3.05, 3.63) is 36.2 Å². The van der Waals surface area contributed by atoms with Gasteiger partial charge in [0.1, 0.15) is 12.4 Å². The third kappa shape index (κ3) is 2.24. The molecule has 1 aromatic carbocycles. The van der Waals surface area contributed by atoms with Crippen LogP contribution in [0.15, 0.2) is 30.6 Å². The van der Waals surface area contributed by atoms with E-state index in [1.807, 2.05) is 0 Å². The van der Waals surface area contributed by atoms with Gasteiger partial charge < -0.3 is 10.5 Å². The van der Waals surface area contributed by atoms with Crippen LogP contribution in [0.1, 0.15) is 5.56 Å². The van der Waals surface area contributed by atoms with Crippen LogP contribution in [0, 0.1) is 0 Å². The first-order valence-corrected chi connectivity index (χ1v) is 6.07. The quantitative estimate of drug-likeness (QED) is 0.873. The molecule has 0 radical (unpaired) electrons. The Morgan fingerprint density at radius 2 is 2.15 bits per heavy atom. The van der Waals surface area contributed by atoms with Crippen molar-refractivity contribution in [2.24, 2.45) is 5.73 Å². The Labute approximate surface area is 112 Å². The number of alkyl halides is 3. The van der Waals surface area contributed by atoms with Crippen LogP contribution in [0.25, 0.3) is 11.1 Å². The number of benzene rings is 1. The van der Waals surface area contributed by atoms with Crippen molar-refractivity contribution in [2.45, 2.75) is 18.8 Å². The molecule has 20 heavy (non-hydrogen) atoms. The second-order valence-electron chi connectivity index (χ2n) is 4.70. The van der Waals surface area contributed by atoms with Crippen molar-refractivity contribution in [1.82, 2.24) is 9.78 Å². The van der Waals surface area contributed by atoms with Gasteiger partial charge in [-0.05, 0) is 18.1 Å². The van der Waals surface area contributed by atoms with Gasteiger partial charge in [0, 0.05) is 23.4 Å². The van der Waals surface area contributed by atoms with Crippen molar-refractivity contribution in [2.75, 3.05) is 6.61 Å². The predicted molar refractivity (Wildman–Crippen MR) is 66.1 cm³/mol. The highest BCUT2D eigenvalue weighted by molar-refractivity contribution is 5.69. The fourth-order valence-electron chi connectivity index (χ4n) is 2.30. The van der Waals surface area contributed by atoms with Crippen molar-refractivity contribution in [3.8, 4) is 16.9 Å². The normalized spacial score (nSPS) is 18.5. The maximum absolute atomic E-state index is 12.6. The molecule has 106 valence electrons. The first-order valence-electron chi connectivity index (χ1n) is 6.07. The average molecular weight is 283 g/mol. The van der Waals surface area contributed by atoms with Gasteiger partial charge in [0.25, 0.3) is 0 Å². The molecule has 1 atom stereocenters. The number of ether oxygens (including phenoxy) is 1. The lowest BCUT2D eigenvalue weighted by molar-refractivity contribution is -0.212. The molecule has 0 saturated heterocycles. The number of rotatable bonds is 1. The predicted octanol–water partition coefficient (Wildman–Crippen LogP) is 2.29. The van der Waals surface area contributed by atoms with Crippen molar-refractivity contribution in [3.63, 3.8) is 0 Å². The fourth-order valence-corrected chi connectivity index (χ4v) is 2.30. The van der Waals surface area contributed by atoms with Gasteiger partial charge in [-0.3, -0.25) is 0 Å². The number of aromatic nitrogens is 2. The molecule has 0 fully saturated rings. The van der Waals surface area contributed by atoms with Gasteiger partial charge in [0.05, 0.1) is 6.20 Å². The smallest absolute Gasteiger partial charge is 0.492 e. The highest BCUT2D eigenvalue weighted by Gasteiger charge is 2.32. The minimum absolute atomic E-state index is 0.00859. The van der Waals surface area contributed by atoms with Crippen LogP contribution in [0.5, 0.6) is 5.75 Å². The molecule has 1 aromatic heterocycles. The van der Waals surface area contributed by atoms with Crippen LogP contribution >= 0.6 is 0 Å². The summed E-state index contributed by atoms with van der Waals surface area (Å²) in [6.07, 6.45) is -1.78. The van der Waals surface area contributed by atoms with E-state index in [1.165, 1.54) is 6.20 Å². The molecular weight excluding hydrogens is 271 g/mol. The maximum atomic E-state index is 12.6. The Balaban J connectivity index is 2.05. The molecule has 0 bridgehead atoms. The van der Waals surface area contributed by atoms with Gasteiger partial charge >= 0.3 is 6.30 Å². The molecule has 1 aliphatic heterocycles. The standard InChI is InChI=1S/C13H12F3N3O/c14-13(15,16)19-6-8(5-18-19)10-2-1-3-12-11(10)4-9(17)7-20-12/h1-3,5-6,9H,4,7,17H2. The highest BCUT2D eigenvalue weighted by atomic mass is 19.4. The molecule has 1 unspecified atom stereocenters. The second-order valence-corrected chi connectivity index (χ2v) is 4.70. The van der Waals surface area contributed by atoms with E-state index in [-0.39, 0.29) is 10.7 Å². The number of hydrogen-bond acceptors (Lipinski definition) is 3. The summed E-state index contributed by atoms with van der Waals surface area (Å²) >= 11 is 0. The number of nitrogens with zero attached hydrogens (tertiary/aromatic N) is 2. The third-order valence-corrected chi connectivity index (χ3v) is 3.21. The summed E-state index contributed by atoms with van der Waals surface area (Å²) in [4.78, 5) is 0. The molecule has 2 aromatic rings. The molecule has 1 aliphatic rings. The van der Waals surface area contributed by atoms with Gasteiger partial charge in [-0.15, -0.1) is 13.2 Å². The van der Waals surface area contributed by atoms with Gasteiger partial charge in [0.2, 0.25) is 0 Å². The van der Waals surface area contributed by atoms with Gasteiger partial charge in [0.15, 0.2) is 0 Å². The molecule has 0 amide bonds. The van der Waals surface area contributed by atoms with Crippen LogP contribution in [0.4, 0.5) is 13.2 Å². The van der Waals surface area contributed by atoms with Crippen LogP contribution in [0.2, 0.25) is 0 Å². The average Bonchev–Trinajstić information content (AvgIpc) is 2.87. The first kappa shape index (κ1) is 13.0. The van der Waals surface area contributed by atoms with E-state index in [0.717, 1.165) is 11.8 Å². The fraction of sp³-hybridized carbons (Fsp3) is 0.308. The molecule has 0 spiro atoms. The largest absolute Gasteiger partial charge is 0.504 e. The highest BCUT2D eigenvalue weighted by Crippen LogP contribution is 2.34. The van der Waals surface area contributed by atoms with Gasteiger partial charge in [-0.2, -0.15) is 9.78 Å². The van der Waals surface area contributed by atoms with Gasteiger partial charge in [-0.25, -0.2) is 0 Å². The van der Waals surface area contributed by atoms with E-state index in [0.29, 0.717) is 29.9 Å². The Morgan fingerprint density at radius 1 is 1.35 bits per heavy atom. The Morgan fingerprint density at radius 3 is 2.85 bits per heavy atom. The van der Waals surface area contributed by atoms with E-state index >= 15 is 0 Å². The van der Waals surface area contributed by atoms with Crippen molar-refractivity contribution in [1.29, 1.82) is 0 Å². The lowest BCUT2D eigenvalue weighted by atomic mass is 9.95. The van der Waals surface area contributed by atoms with Crippen molar-refractivity contribution < 1.29 is 17.9 Å². The lowest BCUT2D eigenvalue weighted by Gasteiger charge is -2.24. The van der Waals surface area contributed by atoms with E-state index in [2.05, 4.69) is 5.10 Å². The third-order valence-electron chi connectivity index (χ3n) is 3.21. The minimum Gasteiger partial charge on any atom is -0.492 e.